The number of esters is 1. The van der Waals surface area contributed by atoms with Gasteiger partial charge in [0.2, 0.25) is 5.91 Å². The average Bonchev–Trinajstić information content (AvgIpc) is 2.68. The minimum absolute atomic E-state index is 0.159. The predicted molar refractivity (Wildman–Crippen MR) is 114 cm³/mol. The van der Waals surface area contributed by atoms with Gasteiger partial charge in [-0.15, -0.1) is 0 Å². The van der Waals surface area contributed by atoms with Crippen molar-refractivity contribution < 1.29 is 23.9 Å². The Labute approximate surface area is 177 Å². The molecule has 1 atom stereocenters. The number of anilines is 1. The van der Waals surface area contributed by atoms with Gasteiger partial charge in [-0.3, -0.25) is 9.59 Å². The first kappa shape index (κ1) is 22.9. The van der Waals surface area contributed by atoms with Crippen LogP contribution in [-0.2, 0) is 19.1 Å². The van der Waals surface area contributed by atoms with Gasteiger partial charge in [-0.05, 0) is 51.5 Å². The van der Waals surface area contributed by atoms with Gasteiger partial charge in [0.25, 0.3) is 5.91 Å². The number of hydrogen-bond donors (Lipinski definition) is 1. The minimum atomic E-state index is -1.03. The zero-order valence-corrected chi connectivity index (χ0v) is 18.0. The first-order valence-electron chi connectivity index (χ1n) is 9.66. The zero-order valence-electron chi connectivity index (χ0n) is 18.0. The van der Waals surface area contributed by atoms with Gasteiger partial charge in [-0.25, -0.2) is 4.79 Å². The third-order valence-electron chi connectivity index (χ3n) is 4.42. The molecule has 7 heteroatoms. The highest BCUT2D eigenvalue weighted by Crippen LogP contribution is 2.18. The molecule has 0 saturated heterocycles. The van der Waals surface area contributed by atoms with Gasteiger partial charge in [-0.1, -0.05) is 35.4 Å². The number of nitrogens with one attached hydrogen (secondary N) is 1. The second-order valence-electron chi connectivity index (χ2n) is 7.30. The van der Waals surface area contributed by atoms with Crippen molar-refractivity contribution in [2.45, 2.75) is 33.8 Å². The van der Waals surface area contributed by atoms with E-state index in [1.165, 1.54) is 18.9 Å². The maximum absolute atomic E-state index is 12.4. The van der Waals surface area contributed by atoms with Crippen molar-refractivity contribution >= 4 is 23.5 Å². The fraction of sp³-hybridized carbons (Fsp3) is 0.348. The van der Waals surface area contributed by atoms with Crippen LogP contribution < -0.4 is 10.1 Å². The Hall–Kier alpha value is -3.35. The number of carbonyl (C=O) groups excluding carboxylic acids is 3. The molecule has 0 aliphatic heterocycles. The molecule has 160 valence electrons. The van der Waals surface area contributed by atoms with E-state index in [1.807, 2.05) is 45.0 Å². The van der Waals surface area contributed by atoms with Crippen LogP contribution >= 0.6 is 0 Å². The molecule has 0 bridgehead atoms. The summed E-state index contributed by atoms with van der Waals surface area (Å²) in [5, 5.41) is 2.72. The average molecular weight is 412 g/mol. The Bertz CT molecular complexity index is 908. The van der Waals surface area contributed by atoms with Gasteiger partial charge >= 0.3 is 5.97 Å². The molecular formula is C23H28N2O5. The van der Waals surface area contributed by atoms with Gasteiger partial charge in [0.05, 0.1) is 6.54 Å². The number of amides is 2. The van der Waals surface area contributed by atoms with E-state index in [9.17, 15) is 14.4 Å². The number of hydrogen-bond acceptors (Lipinski definition) is 5. The van der Waals surface area contributed by atoms with Gasteiger partial charge in [-0.2, -0.15) is 0 Å². The first-order chi connectivity index (χ1) is 14.2. The summed E-state index contributed by atoms with van der Waals surface area (Å²) in [6.07, 6.45) is -1.03. The van der Waals surface area contributed by atoms with Crippen molar-refractivity contribution in [3.8, 4) is 5.75 Å². The molecule has 2 amide bonds. The molecule has 7 nitrogen and oxygen atoms in total. The molecule has 0 aliphatic rings. The molecule has 2 aromatic rings. The van der Waals surface area contributed by atoms with E-state index >= 15 is 0 Å². The largest absolute Gasteiger partial charge is 0.482 e. The maximum Gasteiger partial charge on any atom is 0.344 e. The lowest BCUT2D eigenvalue weighted by atomic mass is 10.1. The molecule has 0 aliphatic carbocycles. The number of likely N-dealkylation sites (N-methyl/N-ethyl adjacent to an activating group) is 1. The maximum atomic E-state index is 12.4. The highest BCUT2D eigenvalue weighted by atomic mass is 16.6. The van der Waals surface area contributed by atoms with Crippen molar-refractivity contribution in [3.05, 3.63) is 59.2 Å². The lowest BCUT2D eigenvalue weighted by molar-refractivity contribution is -0.160. The van der Waals surface area contributed by atoms with Crippen molar-refractivity contribution in [1.82, 2.24) is 4.90 Å². The molecule has 0 radical (unpaired) electrons. The lowest BCUT2D eigenvalue weighted by Crippen LogP contribution is -2.42. The Kier molecular flexibility index (Phi) is 7.98. The summed E-state index contributed by atoms with van der Waals surface area (Å²) >= 11 is 0. The van der Waals surface area contributed by atoms with E-state index in [1.54, 1.807) is 18.2 Å². The van der Waals surface area contributed by atoms with E-state index in [2.05, 4.69) is 5.32 Å². The third-order valence-corrected chi connectivity index (χ3v) is 4.42. The molecule has 2 rings (SSSR count). The number of rotatable bonds is 8. The predicted octanol–water partition coefficient (Wildman–Crippen LogP) is 3.02. The molecule has 2 aromatic carbocycles. The summed E-state index contributed by atoms with van der Waals surface area (Å²) in [5.74, 6) is -0.893. The minimum Gasteiger partial charge on any atom is -0.482 e. The summed E-state index contributed by atoms with van der Waals surface area (Å²) in [4.78, 5) is 37.8. The summed E-state index contributed by atoms with van der Waals surface area (Å²) in [5.41, 5.74) is 3.73. The summed E-state index contributed by atoms with van der Waals surface area (Å²) in [7, 11) is 1.48. The molecule has 0 fully saturated rings. The quantitative estimate of drug-likeness (QED) is 0.674. The van der Waals surface area contributed by atoms with Crippen LogP contribution in [0.4, 0.5) is 5.69 Å². The zero-order chi connectivity index (χ0) is 22.3. The van der Waals surface area contributed by atoms with Crippen LogP contribution in [0.25, 0.3) is 0 Å². The van der Waals surface area contributed by atoms with Crippen LogP contribution in [-0.4, -0.2) is 49.0 Å². The number of carbonyl (C=O) groups is 3. The number of ether oxygens (including phenoxy) is 2. The van der Waals surface area contributed by atoms with Gasteiger partial charge in [0.15, 0.2) is 12.7 Å². The van der Waals surface area contributed by atoms with Gasteiger partial charge in [0.1, 0.15) is 5.75 Å². The van der Waals surface area contributed by atoms with Crippen molar-refractivity contribution in [2.24, 2.45) is 0 Å². The number of nitrogens with zero attached hydrogens (tertiary/aromatic N) is 1. The fourth-order valence-electron chi connectivity index (χ4n) is 2.82. The van der Waals surface area contributed by atoms with Crippen LogP contribution in [0.2, 0.25) is 0 Å². The molecule has 0 saturated carbocycles. The van der Waals surface area contributed by atoms with E-state index in [-0.39, 0.29) is 19.1 Å². The van der Waals surface area contributed by atoms with Crippen LogP contribution in [0, 0.1) is 20.8 Å². The van der Waals surface area contributed by atoms with Crippen LogP contribution in [0.5, 0.6) is 5.75 Å². The van der Waals surface area contributed by atoms with Crippen molar-refractivity contribution in [3.63, 3.8) is 0 Å². The summed E-state index contributed by atoms with van der Waals surface area (Å²) in [6.45, 7) is 6.80. The fourth-order valence-corrected chi connectivity index (χ4v) is 2.82. The van der Waals surface area contributed by atoms with E-state index < -0.39 is 18.0 Å². The SMILES string of the molecule is Cc1ccc(NC(=O)CN(C)C(=O)[C@H](C)OC(=O)COc2ccc(C)cc2C)cc1. The highest BCUT2D eigenvalue weighted by Gasteiger charge is 2.23. The van der Waals surface area contributed by atoms with Crippen molar-refractivity contribution in [1.29, 1.82) is 0 Å². The normalized spacial score (nSPS) is 11.4. The summed E-state index contributed by atoms with van der Waals surface area (Å²) < 4.78 is 10.6. The monoisotopic (exact) mass is 412 g/mol. The Morgan fingerprint density at radius 1 is 1.00 bits per heavy atom. The standard InChI is InChI=1S/C23H28N2O5/c1-15-6-9-19(10-7-15)24-21(26)13-25(5)23(28)18(4)30-22(27)14-29-20-11-8-16(2)12-17(20)3/h6-12,18H,13-14H2,1-5H3,(H,24,26)/t18-/m0/s1. The smallest absolute Gasteiger partial charge is 0.344 e. The molecule has 30 heavy (non-hydrogen) atoms. The first-order valence-corrected chi connectivity index (χ1v) is 9.66. The molecule has 0 aromatic heterocycles. The second-order valence-corrected chi connectivity index (χ2v) is 7.30. The molecule has 0 spiro atoms. The molecule has 0 unspecified atom stereocenters. The third kappa shape index (κ3) is 6.92. The Morgan fingerprint density at radius 2 is 1.63 bits per heavy atom. The Morgan fingerprint density at radius 3 is 2.27 bits per heavy atom. The molecular weight excluding hydrogens is 384 g/mol. The van der Waals surface area contributed by atoms with Crippen molar-refractivity contribution in [2.75, 3.05) is 25.5 Å². The Balaban J connectivity index is 1.79. The van der Waals surface area contributed by atoms with Gasteiger partial charge in [0, 0.05) is 12.7 Å². The topological polar surface area (TPSA) is 84.9 Å². The second kappa shape index (κ2) is 10.4. The molecule has 0 heterocycles. The molecule has 1 N–H and O–H groups in total. The van der Waals surface area contributed by atoms with Crippen LogP contribution in [0.1, 0.15) is 23.6 Å². The van der Waals surface area contributed by atoms with E-state index in [4.69, 9.17) is 9.47 Å². The summed E-state index contributed by atoms with van der Waals surface area (Å²) in [6, 6.07) is 13.0. The van der Waals surface area contributed by atoms with Gasteiger partial charge < -0.3 is 19.7 Å². The van der Waals surface area contributed by atoms with Crippen LogP contribution in [0.15, 0.2) is 42.5 Å². The number of benzene rings is 2. The van der Waals surface area contributed by atoms with E-state index in [0.29, 0.717) is 11.4 Å². The van der Waals surface area contributed by atoms with Crippen LogP contribution in [0.3, 0.4) is 0 Å². The highest BCUT2D eigenvalue weighted by molar-refractivity contribution is 5.95. The van der Waals surface area contributed by atoms with E-state index in [0.717, 1.165) is 16.7 Å². The number of aryl methyl sites for hydroxylation is 3. The lowest BCUT2D eigenvalue weighted by Gasteiger charge is -2.21.